The highest BCUT2D eigenvalue weighted by molar-refractivity contribution is 5.96. The fourth-order valence-corrected chi connectivity index (χ4v) is 1.79. The number of nitrogens with one attached hydrogen (secondary N) is 1. The summed E-state index contributed by atoms with van der Waals surface area (Å²) in [6, 6.07) is 4.84. The molecule has 0 radical (unpaired) electrons. The Labute approximate surface area is 131 Å². The second-order valence-electron chi connectivity index (χ2n) is 5.46. The number of carbonyl (C=O) groups is 2. The Balaban J connectivity index is 2.82. The number of nitrogens with zero attached hydrogens (tertiary/aromatic N) is 1. The standard InChI is InChI=1S/C16H25N3O3/c1-5-6-12(17)16(21)18-13-8-7-11(2)9-14(13)22-10-15(20)19(3)4/h7-9,12H,5-6,10,17H2,1-4H3,(H,18,21). The van der Waals surface area contributed by atoms with Crippen LogP contribution in [0.5, 0.6) is 5.75 Å². The normalized spacial score (nSPS) is 11.7. The average molecular weight is 307 g/mol. The van der Waals surface area contributed by atoms with Crippen molar-refractivity contribution in [1.82, 2.24) is 4.90 Å². The van der Waals surface area contributed by atoms with Crippen LogP contribution in [-0.2, 0) is 9.59 Å². The first-order valence-electron chi connectivity index (χ1n) is 7.35. The Bertz CT molecular complexity index is 529. The van der Waals surface area contributed by atoms with Crippen molar-refractivity contribution < 1.29 is 14.3 Å². The molecule has 1 aromatic carbocycles. The minimum Gasteiger partial charge on any atom is -0.482 e. The summed E-state index contributed by atoms with van der Waals surface area (Å²) in [5.74, 6) is 0.0585. The minimum absolute atomic E-state index is 0.0830. The molecule has 6 heteroatoms. The molecule has 0 heterocycles. The number of ether oxygens (including phenoxy) is 1. The third kappa shape index (κ3) is 5.37. The van der Waals surface area contributed by atoms with Crippen LogP contribution in [0.3, 0.4) is 0 Å². The SMILES string of the molecule is CCCC(N)C(=O)Nc1ccc(C)cc1OCC(=O)N(C)C. The molecule has 1 atom stereocenters. The molecule has 122 valence electrons. The van der Waals surface area contributed by atoms with Crippen molar-refractivity contribution in [2.24, 2.45) is 5.73 Å². The van der Waals surface area contributed by atoms with Crippen LogP contribution in [0.2, 0.25) is 0 Å². The second kappa shape index (κ2) is 8.38. The minimum atomic E-state index is -0.553. The van der Waals surface area contributed by atoms with Crippen molar-refractivity contribution in [3.05, 3.63) is 23.8 Å². The van der Waals surface area contributed by atoms with Gasteiger partial charge in [0.1, 0.15) is 5.75 Å². The zero-order valence-electron chi connectivity index (χ0n) is 13.7. The van der Waals surface area contributed by atoms with Gasteiger partial charge in [-0.05, 0) is 31.0 Å². The molecule has 2 amide bonds. The van der Waals surface area contributed by atoms with Crippen LogP contribution in [0.25, 0.3) is 0 Å². The van der Waals surface area contributed by atoms with Crippen LogP contribution in [0.4, 0.5) is 5.69 Å². The van der Waals surface area contributed by atoms with Crippen LogP contribution in [0, 0.1) is 6.92 Å². The predicted octanol–water partition coefficient (Wildman–Crippen LogP) is 1.53. The molecule has 22 heavy (non-hydrogen) atoms. The van der Waals surface area contributed by atoms with Crippen molar-refractivity contribution in [3.63, 3.8) is 0 Å². The number of amides is 2. The zero-order chi connectivity index (χ0) is 16.7. The third-order valence-corrected chi connectivity index (χ3v) is 3.18. The van der Waals surface area contributed by atoms with Gasteiger partial charge in [-0.15, -0.1) is 0 Å². The van der Waals surface area contributed by atoms with E-state index in [1.54, 1.807) is 26.2 Å². The van der Waals surface area contributed by atoms with Gasteiger partial charge in [-0.3, -0.25) is 9.59 Å². The maximum absolute atomic E-state index is 12.0. The summed E-state index contributed by atoms with van der Waals surface area (Å²) in [5.41, 5.74) is 7.30. The van der Waals surface area contributed by atoms with Crippen LogP contribution in [0.15, 0.2) is 18.2 Å². The topological polar surface area (TPSA) is 84.7 Å². The number of rotatable bonds is 7. The first-order chi connectivity index (χ1) is 10.3. The van der Waals surface area contributed by atoms with E-state index >= 15 is 0 Å². The summed E-state index contributed by atoms with van der Waals surface area (Å²) < 4.78 is 5.53. The van der Waals surface area contributed by atoms with E-state index in [-0.39, 0.29) is 18.4 Å². The molecular formula is C16H25N3O3. The molecule has 0 spiro atoms. The lowest BCUT2D eigenvalue weighted by atomic mass is 10.1. The number of likely N-dealkylation sites (N-methyl/N-ethyl adjacent to an activating group) is 1. The fourth-order valence-electron chi connectivity index (χ4n) is 1.79. The van der Waals surface area contributed by atoms with E-state index in [1.165, 1.54) is 4.90 Å². The molecule has 0 aromatic heterocycles. The summed E-state index contributed by atoms with van der Waals surface area (Å²) in [5, 5.41) is 2.76. The lowest BCUT2D eigenvalue weighted by Crippen LogP contribution is -2.35. The van der Waals surface area contributed by atoms with Gasteiger partial charge in [0.2, 0.25) is 5.91 Å². The second-order valence-corrected chi connectivity index (χ2v) is 5.46. The molecule has 0 bridgehead atoms. The van der Waals surface area contributed by atoms with Gasteiger partial charge < -0.3 is 20.7 Å². The highest BCUT2D eigenvalue weighted by atomic mass is 16.5. The number of anilines is 1. The van der Waals surface area contributed by atoms with E-state index in [2.05, 4.69) is 5.32 Å². The number of carbonyl (C=O) groups excluding carboxylic acids is 2. The Kier molecular flexibility index (Phi) is 6.85. The van der Waals surface area contributed by atoms with Crippen molar-refractivity contribution >= 4 is 17.5 Å². The van der Waals surface area contributed by atoms with Crippen LogP contribution in [0.1, 0.15) is 25.3 Å². The van der Waals surface area contributed by atoms with Crippen molar-refractivity contribution in [2.75, 3.05) is 26.0 Å². The van der Waals surface area contributed by atoms with Gasteiger partial charge in [0.05, 0.1) is 11.7 Å². The lowest BCUT2D eigenvalue weighted by molar-refractivity contribution is -0.130. The quantitative estimate of drug-likeness (QED) is 0.800. The average Bonchev–Trinajstić information content (AvgIpc) is 2.46. The summed E-state index contributed by atoms with van der Waals surface area (Å²) >= 11 is 0. The monoisotopic (exact) mass is 307 g/mol. The van der Waals surface area contributed by atoms with E-state index in [0.29, 0.717) is 17.9 Å². The molecule has 6 nitrogen and oxygen atoms in total. The van der Waals surface area contributed by atoms with Crippen LogP contribution >= 0.6 is 0 Å². The Morgan fingerprint density at radius 1 is 1.36 bits per heavy atom. The smallest absolute Gasteiger partial charge is 0.259 e. The number of benzene rings is 1. The molecule has 0 aliphatic rings. The van der Waals surface area contributed by atoms with E-state index in [1.807, 2.05) is 19.9 Å². The largest absolute Gasteiger partial charge is 0.482 e. The number of hydrogen-bond donors (Lipinski definition) is 2. The van der Waals surface area contributed by atoms with E-state index in [0.717, 1.165) is 12.0 Å². The maximum atomic E-state index is 12.0. The fraction of sp³-hybridized carbons (Fsp3) is 0.500. The van der Waals surface area contributed by atoms with Gasteiger partial charge in [-0.1, -0.05) is 19.4 Å². The van der Waals surface area contributed by atoms with Gasteiger partial charge in [-0.25, -0.2) is 0 Å². The Morgan fingerprint density at radius 2 is 2.05 bits per heavy atom. The number of nitrogens with two attached hydrogens (primary N) is 1. The van der Waals surface area contributed by atoms with Crippen LogP contribution < -0.4 is 15.8 Å². The summed E-state index contributed by atoms with van der Waals surface area (Å²) in [6.45, 7) is 3.80. The molecule has 0 saturated heterocycles. The first kappa shape index (κ1) is 18.0. The van der Waals surface area contributed by atoms with Crippen molar-refractivity contribution in [2.45, 2.75) is 32.7 Å². The lowest BCUT2D eigenvalue weighted by Gasteiger charge is -2.16. The molecular weight excluding hydrogens is 282 g/mol. The van der Waals surface area contributed by atoms with Gasteiger partial charge in [0, 0.05) is 14.1 Å². The van der Waals surface area contributed by atoms with E-state index in [4.69, 9.17) is 10.5 Å². The first-order valence-corrected chi connectivity index (χ1v) is 7.35. The predicted molar refractivity (Wildman–Crippen MR) is 86.9 cm³/mol. The number of aryl methyl sites for hydroxylation is 1. The molecule has 0 saturated carbocycles. The van der Waals surface area contributed by atoms with E-state index < -0.39 is 6.04 Å². The Morgan fingerprint density at radius 3 is 2.64 bits per heavy atom. The molecule has 1 aromatic rings. The maximum Gasteiger partial charge on any atom is 0.259 e. The summed E-state index contributed by atoms with van der Waals surface area (Å²) in [7, 11) is 3.32. The van der Waals surface area contributed by atoms with Crippen LogP contribution in [-0.4, -0.2) is 43.5 Å². The molecule has 3 N–H and O–H groups in total. The molecule has 0 aliphatic heterocycles. The molecule has 0 aliphatic carbocycles. The third-order valence-electron chi connectivity index (χ3n) is 3.18. The highest BCUT2D eigenvalue weighted by Crippen LogP contribution is 2.26. The van der Waals surface area contributed by atoms with Crippen molar-refractivity contribution in [1.29, 1.82) is 0 Å². The summed E-state index contributed by atoms with van der Waals surface area (Å²) in [6.07, 6.45) is 1.45. The summed E-state index contributed by atoms with van der Waals surface area (Å²) in [4.78, 5) is 25.1. The Hall–Kier alpha value is -2.08. The van der Waals surface area contributed by atoms with Gasteiger partial charge in [-0.2, -0.15) is 0 Å². The van der Waals surface area contributed by atoms with Gasteiger partial charge in [0.25, 0.3) is 5.91 Å². The molecule has 1 unspecified atom stereocenters. The molecule has 0 fully saturated rings. The van der Waals surface area contributed by atoms with Gasteiger partial charge in [0.15, 0.2) is 6.61 Å². The van der Waals surface area contributed by atoms with E-state index in [9.17, 15) is 9.59 Å². The van der Waals surface area contributed by atoms with Gasteiger partial charge >= 0.3 is 0 Å². The molecule has 1 rings (SSSR count). The highest BCUT2D eigenvalue weighted by Gasteiger charge is 2.15. The zero-order valence-corrected chi connectivity index (χ0v) is 13.7. The number of hydrogen-bond acceptors (Lipinski definition) is 4. The van der Waals surface area contributed by atoms with Crippen molar-refractivity contribution in [3.8, 4) is 5.75 Å².